The molecule has 45 heteroatoms. The van der Waals surface area contributed by atoms with Crippen molar-refractivity contribution in [2.75, 3.05) is 21.3 Å². The highest BCUT2D eigenvalue weighted by molar-refractivity contribution is 7.09. The second kappa shape index (κ2) is 35.5. The number of nitrogens with zero attached hydrogens (tertiary/aromatic N) is 15. The van der Waals surface area contributed by atoms with Gasteiger partial charge >= 0.3 is 0 Å². The Morgan fingerprint density at radius 2 is 0.845 bits per heavy atom. The molecule has 23 rings (SSSR count). The number of aromatic amines is 2. The molecular weight excluding hydrogens is 1890 g/mol. The highest BCUT2D eigenvalue weighted by Crippen LogP contribution is 2.59. The van der Waals surface area contributed by atoms with Crippen molar-refractivity contribution in [3.63, 3.8) is 0 Å². The number of alkyl halides is 4. The number of pyridine rings is 2. The number of fused-ring (bicyclic) bond motifs is 10. The lowest BCUT2D eigenvalue weighted by Crippen LogP contribution is -2.61. The van der Waals surface area contributed by atoms with E-state index in [0.717, 1.165) is 48.3 Å². The second-order valence-electron chi connectivity index (χ2n) is 38.4. The molecule has 11 aliphatic rings. The van der Waals surface area contributed by atoms with Crippen LogP contribution in [0.2, 0.25) is 0 Å². The number of hydrogen-bond donors (Lipinski definition) is 10. The molecule has 0 bridgehead atoms. The van der Waals surface area contributed by atoms with Gasteiger partial charge in [-0.15, -0.1) is 43.1 Å². The Kier molecular flexibility index (Phi) is 23.6. The average molecular weight is 1980 g/mol. The van der Waals surface area contributed by atoms with E-state index in [9.17, 15) is 89.1 Å². The van der Waals surface area contributed by atoms with Gasteiger partial charge in [0.2, 0.25) is 0 Å². The first-order valence-electron chi connectivity index (χ1n) is 46.3. The summed E-state index contributed by atoms with van der Waals surface area (Å²) in [6.07, 6.45) is 11.6. The van der Waals surface area contributed by atoms with E-state index in [0.29, 0.717) is 189 Å². The summed E-state index contributed by atoms with van der Waals surface area (Å²) in [5.41, 5.74) is 9.73. The Morgan fingerprint density at radius 1 is 0.472 bits per heavy atom. The number of anilines is 4. The molecule has 8 amide bonds. The maximum Gasteiger partial charge on any atom is 0.293 e. The van der Waals surface area contributed by atoms with E-state index in [1.54, 1.807) is 73.7 Å². The minimum absolute atomic E-state index is 0.0192. The zero-order valence-corrected chi connectivity index (χ0v) is 79.1. The minimum atomic E-state index is -3.01. The van der Waals surface area contributed by atoms with Gasteiger partial charge in [0.15, 0.2) is 0 Å². The van der Waals surface area contributed by atoms with Crippen molar-refractivity contribution in [3.05, 3.63) is 242 Å². The Balaban J connectivity index is 0.000000116. The summed E-state index contributed by atoms with van der Waals surface area (Å²) in [6, 6.07) is 15.8. The molecule has 4 aliphatic heterocycles. The predicted octanol–water partition coefficient (Wildman–Crippen LogP) is 12.6. The minimum Gasteiger partial charge on any atom is -0.340 e. The van der Waals surface area contributed by atoms with Crippen LogP contribution in [0.5, 0.6) is 0 Å². The number of nitrogens with one attached hydrogen (secondary N) is 10. The summed E-state index contributed by atoms with van der Waals surface area (Å²) in [5.74, 6) is -11.4. The lowest BCUT2D eigenvalue weighted by molar-refractivity contribution is -0.148. The molecule has 0 radical (unpaired) electrons. The third-order valence-electron chi connectivity index (χ3n) is 28.9. The Morgan fingerprint density at radius 3 is 1.22 bits per heavy atom. The van der Waals surface area contributed by atoms with Crippen LogP contribution in [0.3, 0.4) is 0 Å². The number of aryl methyl sites for hydroxylation is 1. The van der Waals surface area contributed by atoms with Crippen LogP contribution in [-0.4, -0.2) is 156 Å². The van der Waals surface area contributed by atoms with Gasteiger partial charge in [0, 0.05) is 101 Å². The molecular formula is C97H91F6N25O12S2. The van der Waals surface area contributed by atoms with Crippen molar-refractivity contribution in [1.29, 1.82) is 5.26 Å². The predicted molar refractivity (Wildman–Crippen MR) is 495 cm³/mol. The average Bonchev–Trinajstić information content (AvgIpc) is 1.54. The molecule has 7 saturated carbocycles. The van der Waals surface area contributed by atoms with Crippen molar-refractivity contribution in [3.8, 4) is 6.07 Å². The van der Waals surface area contributed by atoms with Crippen LogP contribution < -0.4 is 42.5 Å². The topological polar surface area (TPSA) is 505 Å². The second-order valence-corrected chi connectivity index (χ2v) is 40.1. The van der Waals surface area contributed by atoms with Crippen LogP contribution in [0.25, 0.3) is 0 Å². The van der Waals surface area contributed by atoms with Crippen LogP contribution in [0.1, 0.15) is 299 Å². The van der Waals surface area contributed by atoms with Crippen LogP contribution in [0.15, 0.2) is 90.4 Å². The van der Waals surface area contributed by atoms with Crippen molar-refractivity contribution >= 4 is 116 Å². The molecule has 0 spiro atoms. The summed E-state index contributed by atoms with van der Waals surface area (Å²) in [5, 5.41) is 68.7. The fourth-order valence-corrected chi connectivity index (χ4v) is 22.4. The van der Waals surface area contributed by atoms with Gasteiger partial charge in [-0.1, -0.05) is 6.07 Å². The van der Waals surface area contributed by atoms with E-state index in [1.807, 2.05) is 20.6 Å². The highest BCUT2D eigenvalue weighted by Gasteiger charge is 2.62. The molecule has 10 N–H and O–H groups in total. The molecule has 730 valence electrons. The monoisotopic (exact) mass is 1980 g/mol. The van der Waals surface area contributed by atoms with Crippen LogP contribution in [-0.2, 0) is 73.6 Å². The van der Waals surface area contributed by atoms with Gasteiger partial charge in [0.05, 0.1) is 79.8 Å². The summed E-state index contributed by atoms with van der Waals surface area (Å²) in [7, 11) is 0. The van der Waals surface area contributed by atoms with E-state index in [4.69, 9.17) is 0 Å². The standard InChI is InChI=1S/C25H22N6O3S.C24H24F3N7O3.C24H21F2N5O3S.C24H24FN7O3/c1-12-3-4-16(7-15(12)10-26)28-22(33)20-13(2)19(18-9-14-8-17(14)31(18)20)21(32)23(34)29-25(5-6-25)24-30-27-11-35-24;1-12-18(20(35)22(37)31-23(10-24(26,27)11-23)17-9-29-33-32-17)16-4-3-7-34(16)19(12)21(36)30-14-5-6-28-15(8-14)13(2)25;1-10-14(25)7-13(8-15(10)26)28-21(33)19-11(2)18(17-6-12-5-16(12)31(17)19)20(32)22(34)29-24(3-4-24)23-30-27-9-35-23;1-11-19(21(33)23(35)29-24(4-5-24)18-10-27-31-30-18)17-8-13-7-16(13)32(17)20(11)22(34)28-14-3-6-26-15(9-14)12(2)25/h3-4,7,11,14,17H,5-6,8-9H2,1-2H3,(H,28,33)(H,29,34);5-6,8-9,13H,3-4,7,10-11H2,1-2H3,(H,31,37)(H,28,30,36)(H,29,32,33);7-9,12,16H,3-6H2,1-2H3,(H,28,33)(H,29,34);3,6,9-10,12-13,16H,4-5,7-8H2,1-2H3,(H,29,35)(H,26,28,34)(H,27,30,31)/t14-,17-;;12-,16-;12?,13-,16-/m1.11/s1. The van der Waals surface area contributed by atoms with Gasteiger partial charge in [-0.25, -0.2) is 26.3 Å². The lowest BCUT2D eigenvalue weighted by Gasteiger charge is -2.46. The normalized spacial score (nSPS) is 20.1. The smallest absolute Gasteiger partial charge is 0.293 e. The molecule has 37 nitrogen and oxygen atoms in total. The zero-order valence-electron chi connectivity index (χ0n) is 77.5. The molecule has 7 aliphatic carbocycles. The number of benzene rings is 2. The van der Waals surface area contributed by atoms with Crippen molar-refractivity contribution in [2.45, 2.75) is 223 Å². The summed E-state index contributed by atoms with van der Waals surface area (Å²) in [4.78, 5) is 167. The Labute approximate surface area is 811 Å². The highest BCUT2D eigenvalue weighted by atomic mass is 32.1. The summed E-state index contributed by atoms with van der Waals surface area (Å²) >= 11 is 2.68. The molecule has 0 saturated heterocycles. The number of carbonyl (C=O) groups excluding carboxylic acids is 12. The number of nitriles is 1. The maximum absolute atomic E-state index is 14.0. The van der Waals surface area contributed by atoms with Gasteiger partial charge in [-0.2, -0.15) is 36.1 Å². The largest absolute Gasteiger partial charge is 0.340 e. The van der Waals surface area contributed by atoms with Gasteiger partial charge in [-0.3, -0.25) is 67.5 Å². The van der Waals surface area contributed by atoms with Gasteiger partial charge in [0.25, 0.3) is 76.3 Å². The molecule has 14 heterocycles. The molecule has 12 aromatic rings. The number of hydrogen-bond acceptors (Lipinski definition) is 25. The third kappa shape index (κ3) is 17.1. The Hall–Kier alpha value is -15.2. The number of ketones is 4. The number of aromatic nitrogens is 16. The Bertz CT molecular complexity index is 7360. The SMILES string of the molecule is Cc1c(C(=O)C(=O)NC2(c3cn[nH]n3)CC(F)(F)C2)c2n(c1C(=O)Nc1ccnc(C(C)F)c1)CCC2.Cc1c(C(=O)C(=O)NC2(c3cn[nH]n3)CC2)c2n(c1C(=O)Nc1ccnc(C(C)F)c1)[C@@H]1C[C@@H]1C2.Cc1c(F)cc(NC(=O)c2c(C)c(C(=O)C(=O)NC3(c4nncs4)CC3)c3n2[C@@H]2C[C@@H]2C3)cc1F.Cc1ccc(NC(=O)c2c(C)c(C(=O)C(=O)NC3(c4nncs4)CC3)c3n2[C@@H]2C[C@@H]2C3)cc1C#N. The quantitative estimate of drug-likeness (QED) is 0.0137. The fraction of sp³-hybridized carbons (Fsp3) is 0.392. The van der Waals surface area contributed by atoms with E-state index in [2.05, 4.69) is 110 Å². The van der Waals surface area contributed by atoms with Crippen molar-refractivity contribution in [2.24, 2.45) is 17.8 Å². The third-order valence-corrected chi connectivity index (χ3v) is 30.6. The van der Waals surface area contributed by atoms with E-state index in [1.165, 1.54) is 80.2 Å². The first-order valence-corrected chi connectivity index (χ1v) is 48.0. The number of carbonyl (C=O) groups is 12. The first kappa shape index (κ1) is 94.4. The molecule has 2 aromatic carbocycles. The fourth-order valence-electron chi connectivity index (χ4n) is 20.8. The van der Waals surface area contributed by atoms with E-state index in [-0.39, 0.29) is 74.9 Å². The first-order chi connectivity index (χ1) is 67.8. The molecule has 2 unspecified atom stereocenters. The zero-order chi connectivity index (χ0) is 100. The van der Waals surface area contributed by atoms with Crippen molar-refractivity contribution < 1.29 is 83.9 Å². The number of H-pyrrole nitrogens is 2. The maximum atomic E-state index is 14.0. The van der Waals surface area contributed by atoms with Gasteiger partial charge in [-0.05, 0) is 239 Å². The van der Waals surface area contributed by atoms with Crippen LogP contribution in [0, 0.1) is 82.3 Å². The number of halogens is 6. The van der Waals surface area contributed by atoms with Crippen molar-refractivity contribution in [1.82, 2.24) is 101 Å². The molecule has 10 aromatic heterocycles. The summed E-state index contributed by atoms with van der Waals surface area (Å²) in [6.45, 7) is 12.9. The van der Waals surface area contributed by atoms with Crippen LogP contribution >= 0.6 is 22.7 Å². The van der Waals surface area contributed by atoms with Gasteiger partial charge < -0.3 is 60.8 Å². The van der Waals surface area contributed by atoms with E-state index >= 15 is 0 Å². The number of rotatable bonds is 26. The molecule has 142 heavy (non-hydrogen) atoms. The van der Waals surface area contributed by atoms with Crippen LogP contribution in [0.4, 0.5) is 49.1 Å². The number of amides is 8. The number of Topliss-reactive ketones (excluding diaryl/α,β-unsaturated/α-hetero) is 4. The molecule has 8 atom stereocenters. The van der Waals surface area contributed by atoms with Gasteiger partial charge in [0.1, 0.15) is 79.2 Å². The van der Waals surface area contributed by atoms with E-state index < -0.39 is 129 Å². The lowest BCUT2D eigenvalue weighted by atomic mass is 9.71. The molecule has 7 fully saturated rings. The summed E-state index contributed by atoms with van der Waals surface area (Å²) < 4.78 is 90.4.